The zero-order valence-electron chi connectivity index (χ0n) is 10.6. The second-order valence-corrected chi connectivity index (χ2v) is 7.23. The molecule has 0 atom stereocenters. The molecule has 0 aliphatic carbocycles. The highest BCUT2D eigenvalue weighted by Crippen LogP contribution is 2.33. The number of benzene rings is 1. The van der Waals surface area contributed by atoms with Crippen LogP contribution in [0.3, 0.4) is 0 Å². The summed E-state index contributed by atoms with van der Waals surface area (Å²) >= 11 is 0. The Morgan fingerprint density at radius 3 is 2.47 bits per heavy atom. The zero-order chi connectivity index (χ0) is 13.3. The van der Waals surface area contributed by atoms with Gasteiger partial charge in [-0.1, -0.05) is 0 Å². The van der Waals surface area contributed by atoms with Gasteiger partial charge in [0, 0.05) is 17.8 Å². The minimum absolute atomic E-state index is 0.214. The molecule has 1 fully saturated rings. The number of hydrogen-bond donors (Lipinski definition) is 1. The van der Waals surface area contributed by atoms with Gasteiger partial charge in [-0.25, -0.2) is 8.42 Å². The van der Waals surface area contributed by atoms with Crippen LogP contribution in [0.2, 0.25) is 0 Å². The van der Waals surface area contributed by atoms with Crippen molar-refractivity contribution in [1.29, 1.82) is 0 Å². The van der Waals surface area contributed by atoms with Crippen LogP contribution in [0.15, 0.2) is 18.2 Å². The van der Waals surface area contributed by atoms with E-state index in [0.29, 0.717) is 26.1 Å². The lowest BCUT2D eigenvalue weighted by atomic mass is 10.1. The molecular weight excluding hydrogens is 266 g/mol. The minimum atomic E-state index is -2.81. The van der Waals surface area contributed by atoms with Crippen LogP contribution in [0.4, 0.5) is 5.69 Å². The second-order valence-electron chi connectivity index (χ2n) is 4.93. The zero-order valence-corrected chi connectivity index (χ0v) is 11.4. The van der Waals surface area contributed by atoms with Gasteiger partial charge in [-0.2, -0.15) is 0 Å². The van der Waals surface area contributed by atoms with Crippen LogP contribution in [0, 0.1) is 0 Å². The summed E-state index contributed by atoms with van der Waals surface area (Å²) in [5.74, 6) is 2.06. The molecule has 5 nitrogen and oxygen atoms in total. The van der Waals surface area contributed by atoms with Gasteiger partial charge < -0.3 is 14.8 Å². The molecule has 104 valence electrons. The van der Waals surface area contributed by atoms with Gasteiger partial charge in [-0.3, -0.25) is 0 Å². The normalized spacial score (nSPS) is 21.9. The second kappa shape index (κ2) is 4.92. The molecule has 19 heavy (non-hydrogen) atoms. The fraction of sp³-hybridized carbons (Fsp3) is 0.538. The molecular formula is C13H17NO4S. The van der Waals surface area contributed by atoms with E-state index in [-0.39, 0.29) is 17.5 Å². The van der Waals surface area contributed by atoms with Crippen LogP contribution in [0.25, 0.3) is 0 Å². The number of nitrogens with one attached hydrogen (secondary N) is 1. The summed E-state index contributed by atoms with van der Waals surface area (Å²) in [5.41, 5.74) is 0.952. The van der Waals surface area contributed by atoms with Crippen molar-refractivity contribution >= 4 is 15.5 Å². The first kappa shape index (κ1) is 12.6. The summed E-state index contributed by atoms with van der Waals surface area (Å²) in [6.45, 7) is 1.15. The van der Waals surface area contributed by atoms with Gasteiger partial charge in [0.05, 0.1) is 11.5 Å². The van der Waals surface area contributed by atoms with E-state index in [2.05, 4.69) is 5.32 Å². The lowest BCUT2D eigenvalue weighted by Crippen LogP contribution is -2.32. The van der Waals surface area contributed by atoms with Gasteiger partial charge in [-0.05, 0) is 25.0 Å². The first-order chi connectivity index (χ1) is 9.12. The molecule has 6 heteroatoms. The van der Waals surface area contributed by atoms with E-state index in [4.69, 9.17) is 9.47 Å². The van der Waals surface area contributed by atoms with E-state index < -0.39 is 9.84 Å². The van der Waals surface area contributed by atoms with E-state index in [0.717, 1.165) is 17.2 Å². The number of rotatable bonds is 2. The molecule has 2 aliphatic heterocycles. The molecule has 0 bridgehead atoms. The predicted octanol–water partition coefficient (Wildman–Crippen LogP) is 1.45. The maximum atomic E-state index is 11.4. The third kappa shape index (κ3) is 2.94. The van der Waals surface area contributed by atoms with E-state index in [1.54, 1.807) is 0 Å². The maximum absolute atomic E-state index is 11.4. The van der Waals surface area contributed by atoms with Crippen molar-refractivity contribution in [3.8, 4) is 11.5 Å². The van der Waals surface area contributed by atoms with Gasteiger partial charge in [-0.15, -0.1) is 0 Å². The minimum Gasteiger partial charge on any atom is -0.486 e. The van der Waals surface area contributed by atoms with Crippen molar-refractivity contribution in [2.45, 2.75) is 18.9 Å². The average Bonchev–Trinajstić information content (AvgIpc) is 2.41. The molecule has 2 aliphatic rings. The molecule has 0 saturated carbocycles. The van der Waals surface area contributed by atoms with Crippen molar-refractivity contribution in [2.75, 3.05) is 30.0 Å². The van der Waals surface area contributed by atoms with Gasteiger partial charge in [0.2, 0.25) is 0 Å². The van der Waals surface area contributed by atoms with E-state index >= 15 is 0 Å². The Kier molecular flexibility index (Phi) is 3.26. The fourth-order valence-corrected chi connectivity index (χ4v) is 3.89. The molecule has 0 spiro atoms. The summed E-state index contributed by atoms with van der Waals surface area (Å²) < 4.78 is 33.7. The highest BCUT2D eigenvalue weighted by molar-refractivity contribution is 7.91. The Hall–Kier alpha value is -1.43. The Morgan fingerprint density at radius 1 is 1.05 bits per heavy atom. The van der Waals surface area contributed by atoms with E-state index in [1.165, 1.54) is 0 Å². The smallest absolute Gasteiger partial charge is 0.163 e. The summed E-state index contributed by atoms with van der Waals surface area (Å²) in [4.78, 5) is 0. The standard InChI is InChI=1S/C13H17NO4S/c15-19(16)7-3-10(4-8-19)14-11-1-2-12-13(9-11)18-6-5-17-12/h1-2,9-10,14H,3-8H2. The first-order valence-electron chi connectivity index (χ1n) is 6.49. The summed E-state index contributed by atoms with van der Waals surface area (Å²) in [6.07, 6.45) is 1.33. The fourth-order valence-electron chi connectivity index (χ4n) is 2.40. The molecule has 1 aromatic carbocycles. The third-order valence-electron chi connectivity index (χ3n) is 3.47. The molecule has 1 N–H and O–H groups in total. The Balaban J connectivity index is 1.67. The van der Waals surface area contributed by atoms with Crippen LogP contribution in [0.1, 0.15) is 12.8 Å². The van der Waals surface area contributed by atoms with Crippen LogP contribution in [-0.4, -0.2) is 39.2 Å². The molecule has 0 unspecified atom stereocenters. The van der Waals surface area contributed by atoms with Crippen molar-refractivity contribution in [3.05, 3.63) is 18.2 Å². The molecule has 3 rings (SSSR count). The van der Waals surface area contributed by atoms with Crippen molar-refractivity contribution in [1.82, 2.24) is 0 Å². The number of sulfone groups is 1. The predicted molar refractivity (Wildman–Crippen MR) is 72.7 cm³/mol. The van der Waals surface area contributed by atoms with Crippen LogP contribution in [0.5, 0.6) is 11.5 Å². The van der Waals surface area contributed by atoms with E-state index in [1.807, 2.05) is 18.2 Å². The Morgan fingerprint density at radius 2 is 1.74 bits per heavy atom. The lowest BCUT2D eigenvalue weighted by molar-refractivity contribution is 0.171. The average molecular weight is 283 g/mol. The van der Waals surface area contributed by atoms with Gasteiger partial charge in [0.15, 0.2) is 11.5 Å². The Labute approximate surface area is 112 Å². The van der Waals surface area contributed by atoms with Crippen molar-refractivity contribution in [2.24, 2.45) is 0 Å². The first-order valence-corrected chi connectivity index (χ1v) is 8.31. The van der Waals surface area contributed by atoms with Gasteiger partial charge >= 0.3 is 0 Å². The quantitative estimate of drug-likeness (QED) is 0.890. The SMILES string of the molecule is O=S1(=O)CCC(Nc2ccc3c(c2)OCCO3)CC1. The maximum Gasteiger partial charge on any atom is 0.163 e. The largest absolute Gasteiger partial charge is 0.486 e. The van der Waals surface area contributed by atoms with Crippen molar-refractivity contribution < 1.29 is 17.9 Å². The van der Waals surface area contributed by atoms with Crippen LogP contribution < -0.4 is 14.8 Å². The van der Waals surface area contributed by atoms with Crippen LogP contribution >= 0.6 is 0 Å². The molecule has 0 aromatic heterocycles. The molecule has 0 amide bonds. The van der Waals surface area contributed by atoms with Crippen molar-refractivity contribution in [3.63, 3.8) is 0 Å². The highest BCUT2D eigenvalue weighted by atomic mass is 32.2. The lowest BCUT2D eigenvalue weighted by Gasteiger charge is -2.25. The molecule has 2 heterocycles. The highest BCUT2D eigenvalue weighted by Gasteiger charge is 2.23. The number of ether oxygens (including phenoxy) is 2. The van der Waals surface area contributed by atoms with Gasteiger partial charge in [0.1, 0.15) is 23.1 Å². The number of anilines is 1. The Bertz CT molecular complexity index is 556. The summed E-state index contributed by atoms with van der Waals surface area (Å²) in [7, 11) is -2.81. The topological polar surface area (TPSA) is 64.6 Å². The molecule has 0 radical (unpaired) electrons. The third-order valence-corrected chi connectivity index (χ3v) is 5.18. The van der Waals surface area contributed by atoms with E-state index in [9.17, 15) is 8.42 Å². The number of fused-ring (bicyclic) bond motifs is 1. The number of hydrogen-bond acceptors (Lipinski definition) is 5. The summed E-state index contributed by atoms with van der Waals surface area (Å²) in [5, 5.41) is 3.37. The summed E-state index contributed by atoms with van der Waals surface area (Å²) in [6, 6.07) is 5.95. The molecule has 1 saturated heterocycles. The van der Waals surface area contributed by atoms with Gasteiger partial charge in [0.25, 0.3) is 0 Å². The molecule has 1 aromatic rings. The van der Waals surface area contributed by atoms with Crippen LogP contribution in [-0.2, 0) is 9.84 Å². The monoisotopic (exact) mass is 283 g/mol.